The van der Waals surface area contributed by atoms with Gasteiger partial charge < -0.3 is 5.32 Å². The Labute approximate surface area is 175 Å². The summed E-state index contributed by atoms with van der Waals surface area (Å²) in [5.74, 6) is 0.641. The topological polar surface area (TPSA) is 15.3 Å². The molecule has 0 aliphatic carbocycles. The van der Waals surface area contributed by atoms with Crippen molar-refractivity contribution in [3.63, 3.8) is 0 Å². The van der Waals surface area contributed by atoms with Crippen LogP contribution in [0.15, 0.2) is 54.6 Å². The molecule has 0 spiro atoms. The molecule has 27 heavy (non-hydrogen) atoms. The van der Waals surface area contributed by atoms with E-state index in [0.29, 0.717) is 12.0 Å². The van der Waals surface area contributed by atoms with Crippen LogP contribution in [0, 0.1) is 5.92 Å². The van der Waals surface area contributed by atoms with Crippen molar-refractivity contribution >= 4 is 46.4 Å². The van der Waals surface area contributed by atoms with Crippen molar-refractivity contribution < 1.29 is 0 Å². The maximum atomic E-state index is 3.50. The Morgan fingerprint density at radius 2 is 1.48 bits per heavy atom. The molecule has 3 aromatic rings. The average Bonchev–Trinajstić information content (AvgIpc) is 2.69. The van der Waals surface area contributed by atoms with E-state index in [0.717, 1.165) is 26.2 Å². The van der Waals surface area contributed by atoms with Gasteiger partial charge in [0.1, 0.15) is 0 Å². The molecule has 1 fully saturated rings. The minimum atomic E-state index is 0. The van der Waals surface area contributed by atoms with Crippen molar-refractivity contribution in [2.75, 3.05) is 26.2 Å². The highest BCUT2D eigenvalue weighted by molar-refractivity contribution is 6.09. The Morgan fingerprint density at radius 1 is 0.889 bits per heavy atom. The Balaban J connectivity index is 0.00000131. The molecule has 3 aromatic carbocycles. The highest BCUT2D eigenvalue weighted by Crippen LogP contribution is 2.38. The highest BCUT2D eigenvalue weighted by atomic mass is 35.5. The van der Waals surface area contributed by atoms with E-state index in [4.69, 9.17) is 0 Å². The molecule has 0 aromatic heterocycles. The van der Waals surface area contributed by atoms with Gasteiger partial charge in [0.15, 0.2) is 0 Å². The summed E-state index contributed by atoms with van der Waals surface area (Å²) in [7, 11) is 0. The van der Waals surface area contributed by atoms with Crippen LogP contribution in [-0.2, 0) is 0 Å². The van der Waals surface area contributed by atoms with Gasteiger partial charge in [0, 0.05) is 32.2 Å². The van der Waals surface area contributed by atoms with Crippen LogP contribution in [0.2, 0.25) is 0 Å². The third-order valence-electron chi connectivity index (χ3n) is 5.85. The Hall–Kier alpha value is -1.32. The molecular formula is C23H30Cl2N2. The lowest BCUT2D eigenvalue weighted by Gasteiger charge is -2.39. The summed E-state index contributed by atoms with van der Waals surface area (Å²) in [6.07, 6.45) is 1.20. The van der Waals surface area contributed by atoms with E-state index in [1.54, 1.807) is 0 Å². The van der Waals surface area contributed by atoms with Gasteiger partial charge in [-0.25, -0.2) is 0 Å². The molecule has 4 rings (SSSR count). The van der Waals surface area contributed by atoms with Crippen LogP contribution < -0.4 is 5.32 Å². The summed E-state index contributed by atoms with van der Waals surface area (Å²) in [6.45, 7) is 9.20. The second-order valence-electron chi connectivity index (χ2n) is 7.35. The molecule has 146 valence electrons. The molecule has 4 heteroatoms. The fraction of sp³-hybridized carbons (Fsp3) is 0.391. The van der Waals surface area contributed by atoms with Gasteiger partial charge in [-0.2, -0.15) is 0 Å². The monoisotopic (exact) mass is 404 g/mol. The summed E-state index contributed by atoms with van der Waals surface area (Å²) in [5, 5.41) is 9.04. The first kappa shape index (κ1) is 22.0. The van der Waals surface area contributed by atoms with Crippen LogP contribution in [0.1, 0.15) is 31.9 Å². The van der Waals surface area contributed by atoms with E-state index >= 15 is 0 Å². The molecule has 0 saturated carbocycles. The van der Waals surface area contributed by atoms with E-state index in [2.05, 4.69) is 78.7 Å². The van der Waals surface area contributed by atoms with Crippen LogP contribution in [0.3, 0.4) is 0 Å². The number of nitrogens with one attached hydrogen (secondary N) is 1. The summed E-state index contributed by atoms with van der Waals surface area (Å²) in [5.41, 5.74) is 1.51. The number of halogens is 2. The third kappa shape index (κ3) is 4.25. The zero-order valence-electron chi connectivity index (χ0n) is 16.2. The van der Waals surface area contributed by atoms with Gasteiger partial charge in [-0.3, -0.25) is 4.90 Å². The smallest absolute Gasteiger partial charge is 0.0381 e. The minimum absolute atomic E-state index is 0. The molecule has 0 bridgehead atoms. The number of fused-ring (bicyclic) bond motifs is 3. The molecule has 1 aliphatic heterocycles. The lowest BCUT2D eigenvalue weighted by Crippen LogP contribution is -2.46. The fourth-order valence-electron chi connectivity index (χ4n) is 4.37. The number of hydrogen-bond acceptors (Lipinski definition) is 2. The maximum Gasteiger partial charge on any atom is 0.0381 e. The largest absolute Gasteiger partial charge is 0.314 e. The quantitative estimate of drug-likeness (QED) is 0.550. The van der Waals surface area contributed by atoms with Crippen LogP contribution >= 0.6 is 24.8 Å². The van der Waals surface area contributed by atoms with E-state index in [-0.39, 0.29) is 24.8 Å². The molecule has 1 unspecified atom stereocenters. The second-order valence-corrected chi connectivity index (χ2v) is 7.35. The molecule has 1 aliphatic rings. The predicted molar refractivity (Wildman–Crippen MR) is 123 cm³/mol. The molecule has 0 radical (unpaired) electrons. The first-order valence-corrected chi connectivity index (χ1v) is 9.64. The third-order valence-corrected chi connectivity index (χ3v) is 5.85. The van der Waals surface area contributed by atoms with Gasteiger partial charge >= 0.3 is 0 Å². The van der Waals surface area contributed by atoms with Crippen LogP contribution in [0.5, 0.6) is 0 Å². The zero-order chi connectivity index (χ0) is 17.2. The molecule has 0 amide bonds. The van der Waals surface area contributed by atoms with Crippen molar-refractivity contribution in [1.29, 1.82) is 0 Å². The molecule has 2 nitrogen and oxygen atoms in total. The molecule has 1 N–H and O–H groups in total. The molecule has 2 atom stereocenters. The van der Waals surface area contributed by atoms with Crippen molar-refractivity contribution in [2.24, 2.45) is 5.92 Å². The molecule has 1 saturated heterocycles. The van der Waals surface area contributed by atoms with E-state index in [1.807, 2.05) is 0 Å². The van der Waals surface area contributed by atoms with Crippen molar-refractivity contribution in [2.45, 2.75) is 26.3 Å². The maximum absolute atomic E-state index is 3.50. The summed E-state index contributed by atoms with van der Waals surface area (Å²) in [6, 6.07) is 20.7. The highest BCUT2D eigenvalue weighted by Gasteiger charge is 2.28. The molecular weight excluding hydrogens is 375 g/mol. The van der Waals surface area contributed by atoms with E-state index in [1.165, 1.54) is 33.5 Å². The summed E-state index contributed by atoms with van der Waals surface area (Å²) < 4.78 is 0. The number of hydrogen-bond donors (Lipinski definition) is 1. The zero-order valence-corrected chi connectivity index (χ0v) is 17.8. The van der Waals surface area contributed by atoms with Gasteiger partial charge in [-0.15, -0.1) is 24.8 Å². The Morgan fingerprint density at radius 3 is 2.15 bits per heavy atom. The normalized spacial score (nSPS) is 17.1. The Kier molecular flexibility index (Phi) is 7.93. The molecule has 1 heterocycles. The van der Waals surface area contributed by atoms with E-state index < -0.39 is 0 Å². The second kappa shape index (κ2) is 9.75. The van der Waals surface area contributed by atoms with Crippen molar-refractivity contribution in [3.8, 4) is 0 Å². The Bertz CT molecular complexity index is 875. The van der Waals surface area contributed by atoms with Gasteiger partial charge in [-0.05, 0) is 39.1 Å². The van der Waals surface area contributed by atoms with Gasteiger partial charge in [0.2, 0.25) is 0 Å². The SMILES string of the molecule is CCC(C)[C@H](c1cc2ccccc2c2ccccc12)N1CCNCC1.Cl.Cl. The standard InChI is InChI=1S/C23H28N2.2ClH/c1-3-17(2)23(25-14-12-24-13-15-25)22-16-18-8-4-5-9-19(18)20-10-6-7-11-21(20)22;;/h4-11,16-17,23-24H,3,12-15H2,1-2H3;2*1H/t17?,23-;;/m1../s1. The summed E-state index contributed by atoms with van der Waals surface area (Å²) in [4.78, 5) is 2.70. The number of benzene rings is 3. The van der Waals surface area contributed by atoms with Crippen LogP contribution in [0.4, 0.5) is 0 Å². The van der Waals surface area contributed by atoms with Crippen LogP contribution in [-0.4, -0.2) is 31.1 Å². The van der Waals surface area contributed by atoms with Crippen LogP contribution in [0.25, 0.3) is 21.5 Å². The first-order chi connectivity index (χ1) is 12.3. The first-order valence-electron chi connectivity index (χ1n) is 9.64. The number of nitrogens with zero attached hydrogens (tertiary/aromatic N) is 1. The van der Waals surface area contributed by atoms with Gasteiger partial charge in [-0.1, -0.05) is 68.8 Å². The number of rotatable bonds is 4. The number of piperazine rings is 1. The van der Waals surface area contributed by atoms with Crippen molar-refractivity contribution in [3.05, 3.63) is 60.2 Å². The van der Waals surface area contributed by atoms with Crippen molar-refractivity contribution in [1.82, 2.24) is 10.2 Å². The van der Waals surface area contributed by atoms with Gasteiger partial charge in [0.25, 0.3) is 0 Å². The average molecular weight is 405 g/mol. The summed E-state index contributed by atoms with van der Waals surface area (Å²) >= 11 is 0. The minimum Gasteiger partial charge on any atom is -0.314 e. The van der Waals surface area contributed by atoms with Gasteiger partial charge in [0.05, 0.1) is 0 Å². The lowest BCUT2D eigenvalue weighted by molar-refractivity contribution is 0.129. The van der Waals surface area contributed by atoms with E-state index in [9.17, 15) is 0 Å². The fourth-order valence-corrected chi connectivity index (χ4v) is 4.37. The lowest BCUT2D eigenvalue weighted by atomic mass is 9.85. The predicted octanol–water partition coefficient (Wildman–Crippen LogP) is 5.83.